The van der Waals surface area contributed by atoms with E-state index in [-0.39, 0.29) is 25.7 Å². The predicted molar refractivity (Wildman–Crippen MR) is 358 cm³/mol. The fraction of sp³-hybridized carbons (Fsp3) is 0.943. The molecule has 5 atom stereocenters. The number of carbonyl (C=O) groups is 4. The Morgan fingerprint density at radius 1 is 0.281 bits per heavy atom. The fourth-order valence-electron chi connectivity index (χ4n) is 10.5. The average molecular weight is 1310 g/mol. The molecule has 0 aromatic rings. The number of esters is 4. The number of aliphatic hydroxyl groups excluding tert-OH is 1. The van der Waals surface area contributed by atoms with Crippen molar-refractivity contribution in [2.75, 3.05) is 39.6 Å². The van der Waals surface area contributed by atoms with Crippen molar-refractivity contribution in [3.63, 3.8) is 0 Å². The van der Waals surface area contributed by atoms with Gasteiger partial charge >= 0.3 is 39.5 Å². The van der Waals surface area contributed by atoms with Crippen LogP contribution in [0.2, 0.25) is 0 Å². The van der Waals surface area contributed by atoms with E-state index in [1.807, 2.05) is 0 Å². The summed E-state index contributed by atoms with van der Waals surface area (Å²) >= 11 is 0. The molecular formula is C70H136O17P2. The summed E-state index contributed by atoms with van der Waals surface area (Å²) in [6, 6.07) is 0. The Morgan fingerprint density at radius 3 is 0.697 bits per heavy atom. The molecule has 17 nitrogen and oxygen atoms in total. The van der Waals surface area contributed by atoms with Gasteiger partial charge < -0.3 is 33.8 Å². The lowest BCUT2D eigenvalue weighted by molar-refractivity contribution is -0.161. The molecule has 3 unspecified atom stereocenters. The Kier molecular flexibility index (Phi) is 58.5. The van der Waals surface area contributed by atoms with Crippen LogP contribution >= 0.6 is 15.6 Å². The van der Waals surface area contributed by atoms with Gasteiger partial charge in [0.15, 0.2) is 12.2 Å². The molecule has 89 heavy (non-hydrogen) atoms. The molecule has 0 amide bonds. The smallest absolute Gasteiger partial charge is 0.462 e. The highest BCUT2D eigenvalue weighted by Crippen LogP contribution is 2.45. The monoisotopic (exact) mass is 1310 g/mol. The van der Waals surface area contributed by atoms with E-state index in [0.717, 1.165) is 108 Å². The summed E-state index contributed by atoms with van der Waals surface area (Å²) in [5.41, 5.74) is 0. The first-order valence-corrected chi connectivity index (χ1v) is 39.2. The number of ether oxygens (including phenoxy) is 4. The first kappa shape index (κ1) is 87.1. The van der Waals surface area contributed by atoms with Crippen molar-refractivity contribution in [3.05, 3.63) is 0 Å². The molecule has 0 saturated heterocycles. The van der Waals surface area contributed by atoms with Gasteiger partial charge in [-0.3, -0.25) is 37.3 Å². The van der Waals surface area contributed by atoms with Gasteiger partial charge in [0, 0.05) is 25.7 Å². The van der Waals surface area contributed by atoms with Gasteiger partial charge in [-0.05, 0) is 49.4 Å². The maximum absolute atomic E-state index is 13.0. The molecule has 0 aromatic heterocycles. The number of carbonyl (C=O) groups excluding carboxylic acids is 4. The summed E-state index contributed by atoms with van der Waals surface area (Å²) in [4.78, 5) is 72.4. The molecule has 0 rings (SSSR count). The molecular weight excluding hydrogens is 1170 g/mol. The Bertz CT molecular complexity index is 1760. The molecule has 0 radical (unpaired) electrons. The van der Waals surface area contributed by atoms with E-state index >= 15 is 0 Å². The van der Waals surface area contributed by atoms with E-state index in [1.165, 1.54) is 141 Å². The van der Waals surface area contributed by atoms with Crippen LogP contribution < -0.4 is 0 Å². The van der Waals surface area contributed by atoms with Crippen molar-refractivity contribution in [2.45, 2.75) is 363 Å². The molecule has 0 spiro atoms. The van der Waals surface area contributed by atoms with Crippen molar-refractivity contribution in [2.24, 2.45) is 23.7 Å². The summed E-state index contributed by atoms with van der Waals surface area (Å²) in [5.74, 6) is 0.775. The number of hydrogen-bond donors (Lipinski definition) is 3. The molecule has 0 aliphatic carbocycles. The van der Waals surface area contributed by atoms with E-state index < -0.39 is 97.5 Å². The van der Waals surface area contributed by atoms with Gasteiger partial charge in [-0.2, -0.15) is 0 Å². The Labute approximate surface area is 543 Å². The summed E-state index contributed by atoms with van der Waals surface area (Å²) in [7, 11) is -9.90. The first-order valence-electron chi connectivity index (χ1n) is 36.2. The van der Waals surface area contributed by atoms with Crippen molar-refractivity contribution >= 4 is 39.5 Å². The van der Waals surface area contributed by atoms with Crippen LogP contribution in [-0.2, 0) is 65.4 Å². The Morgan fingerprint density at radius 2 is 0.472 bits per heavy atom. The fourth-order valence-corrected chi connectivity index (χ4v) is 12.1. The Hall–Kier alpha value is -1.94. The minimum Gasteiger partial charge on any atom is -0.462 e. The van der Waals surface area contributed by atoms with E-state index in [2.05, 4.69) is 55.4 Å². The predicted octanol–water partition coefficient (Wildman–Crippen LogP) is 19.7. The van der Waals surface area contributed by atoms with Crippen molar-refractivity contribution in [3.8, 4) is 0 Å². The number of phosphoric ester groups is 2. The van der Waals surface area contributed by atoms with Gasteiger partial charge in [-0.15, -0.1) is 0 Å². The second kappa shape index (κ2) is 59.8. The van der Waals surface area contributed by atoms with Gasteiger partial charge in [0.2, 0.25) is 0 Å². The molecule has 0 bridgehead atoms. The van der Waals surface area contributed by atoms with Crippen LogP contribution in [0.3, 0.4) is 0 Å². The third kappa shape index (κ3) is 64.6. The van der Waals surface area contributed by atoms with Gasteiger partial charge in [-0.25, -0.2) is 9.13 Å². The zero-order valence-corrected chi connectivity index (χ0v) is 59.8. The maximum Gasteiger partial charge on any atom is 0.472 e. The number of hydrogen-bond acceptors (Lipinski definition) is 15. The van der Waals surface area contributed by atoms with Gasteiger partial charge in [-0.1, -0.05) is 293 Å². The molecule has 0 heterocycles. The molecule has 0 aromatic carbocycles. The van der Waals surface area contributed by atoms with Gasteiger partial charge in [0.25, 0.3) is 0 Å². The van der Waals surface area contributed by atoms with Crippen LogP contribution in [0.1, 0.15) is 344 Å². The SMILES string of the molecule is CC(C)CCCCCCCCCCCCCCCCCC(=O)O[C@H](COC(=O)CCCCCCCCC(C)C)COP(=O)(O)OCC(O)COP(=O)(O)OC[C@@H](COC(=O)CCCCCCCCCCCCC(C)C)OC(=O)CCCCCCCCC(C)C. The minimum absolute atomic E-state index is 0.101. The summed E-state index contributed by atoms with van der Waals surface area (Å²) in [6.07, 6.45) is 42.1. The van der Waals surface area contributed by atoms with E-state index in [4.69, 9.17) is 37.0 Å². The van der Waals surface area contributed by atoms with Crippen molar-refractivity contribution in [1.29, 1.82) is 0 Å². The highest BCUT2D eigenvalue weighted by molar-refractivity contribution is 7.47. The number of aliphatic hydroxyl groups is 1. The van der Waals surface area contributed by atoms with E-state index in [0.29, 0.717) is 37.5 Å². The van der Waals surface area contributed by atoms with Crippen LogP contribution in [-0.4, -0.2) is 96.7 Å². The van der Waals surface area contributed by atoms with E-state index in [1.54, 1.807) is 0 Å². The Balaban J connectivity index is 5.18. The van der Waals surface area contributed by atoms with Crippen molar-refractivity contribution in [1.82, 2.24) is 0 Å². The molecule has 528 valence electrons. The zero-order valence-electron chi connectivity index (χ0n) is 58.1. The normalized spacial score (nSPS) is 14.3. The summed E-state index contributed by atoms with van der Waals surface area (Å²) in [6.45, 7) is 14.0. The average Bonchev–Trinajstić information content (AvgIpc) is 3.64. The van der Waals surface area contributed by atoms with Crippen LogP contribution in [0.5, 0.6) is 0 Å². The zero-order chi connectivity index (χ0) is 66.1. The van der Waals surface area contributed by atoms with Gasteiger partial charge in [0.05, 0.1) is 26.4 Å². The highest BCUT2D eigenvalue weighted by atomic mass is 31.2. The molecule has 0 aliphatic heterocycles. The lowest BCUT2D eigenvalue weighted by atomic mass is 10.0. The van der Waals surface area contributed by atoms with E-state index in [9.17, 15) is 43.2 Å². The maximum atomic E-state index is 13.0. The van der Waals surface area contributed by atoms with Crippen LogP contribution in [0.15, 0.2) is 0 Å². The molecule has 0 aliphatic rings. The first-order chi connectivity index (χ1) is 42.6. The van der Waals surface area contributed by atoms with Crippen LogP contribution in [0.25, 0.3) is 0 Å². The molecule has 0 saturated carbocycles. The largest absolute Gasteiger partial charge is 0.472 e. The quantitative estimate of drug-likeness (QED) is 0.0222. The number of rotatable bonds is 67. The topological polar surface area (TPSA) is 237 Å². The number of phosphoric acid groups is 2. The van der Waals surface area contributed by atoms with Gasteiger partial charge in [0.1, 0.15) is 19.3 Å². The lowest BCUT2D eigenvalue weighted by Gasteiger charge is -2.21. The third-order valence-corrected chi connectivity index (χ3v) is 18.0. The van der Waals surface area contributed by atoms with Crippen LogP contribution in [0, 0.1) is 23.7 Å². The molecule has 3 N–H and O–H groups in total. The second-order valence-electron chi connectivity index (χ2n) is 27.2. The molecule has 19 heteroatoms. The second-order valence-corrected chi connectivity index (χ2v) is 30.1. The number of unbranched alkanes of at least 4 members (excludes halogenated alkanes) is 33. The lowest BCUT2D eigenvalue weighted by Crippen LogP contribution is -2.30. The van der Waals surface area contributed by atoms with Crippen molar-refractivity contribution < 1.29 is 80.2 Å². The summed E-state index contributed by atoms with van der Waals surface area (Å²) < 4.78 is 68.2. The highest BCUT2D eigenvalue weighted by Gasteiger charge is 2.30. The van der Waals surface area contributed by atoms with Crippen LogP contribution in [0.4, 0.5) is 0 Å². The standard InChI is InChI=1S/C70H136O17P2/c1-60(2)46-38-30-22-18-14-12-10-9-11-13-15-21-25-36-44-52-69(74)86-65(57-81-68(73)51-43-35-28-26-32-40-48-62(5)6)58-84-88(76,77)82-54-64(71)55-83-89(78,79)85-59-66(87-70(75)53-45-37-29-27-33-41-49-63(7)8)56-80-67(72)50-42-34-24-20-17-16-19-23-31-39-47-61(3)4/h60-66,71H,9-59H2,1-8H3,(H,76,77)(H,78,79)/t64?,65-,66-/m1/s1. The third-order valence-electron chi connectivity index (χ3n) is 16.1. The summed E-state index contributed by atoms with van der Waals surface area (Å²) in [5, 5.41) is 10.6. The minimum atomic E-state index is -4.95. The molecule has 0 fully saturated rings.